The first-order valence-electron chi connectivity index (χ1n) is 6.78. The fourth-order valence-electron chi connectivity index (χ4n) is 3.37. The Morgan fingerprint density at radius 3 is 2.88 bits per heavy atom. The van der Waals surface area contributed by atoms with E-state index in [1.54, 1.807) is 7.11 Å². The monoisotopic (exact) mass is 226 g/mol. The number of likely N-dealkylation sites (tertiary alicyclic amines) is 1. The minimum atomic E-state index is 0.475. The lowest BCUT2D eigenvalue weighted by Crippen LogP contribution is -2.38. The zero-order valence-electron chi connectivity index (χ0n) is 10.5. The molecular weight excluding hydrogens is 200 g/mol. The second-order valence-electron chi connectivity index (χ2n) is 5.48. The molecule has 0 aromatic rings. The van der Waals surface area contributed by atoms with Crippen LogP contribution in [0.5, 0.6) is 0 Å². The van der Waals surface area contributed by atoms with Crippen LogP contribution in [-0.2, 0) is 4.74 Å². The standard InChI is InChI=1S/C13H26N2O/c1-16-8-3-2-7-15-9-11-5-4-6-13(14)12(11)10-15/h11-13H,2-10,14H2,1H3. The molecule has 0 aromatic heterocycles. The zero-order valence-corrected chi connectivity index (χ0v) is 10.5. The Labute approximate surface area is 99.3 Å². The number of nitrogens with two attached hydrogens (primary N) is 1. The molecule has 94 valence electrons. The molecule has 0 amide bonds. The summed E-state index contributed by atoms with van der Waals surface area (Å²) in [4.78, 5) is 2.62. The van der Waals surface area contributed by atoms with Crippen LogP contribution in [0, 0.1) is 11.8 Å². The van der Waals surface area contributed by atoms with Crippen LogP contribution in [0.15, 0.2) is 0 Å². The summed E-state index contributed by atoms with van der Waals surface area (Å²) in [6.07, 6.45) is 6.46. The highest BCUT2D eigenvalue weighted by Gasteiger charge is 2.38. The summed E-state index contributed by atoms with van der Waals surface area (Å²) < 4.78 is 5.08. The van der Waals surface area contributed by atoms with Gasteiger partial charge in [-0.15, -0.1) is 0 Å². The summed E-state index contributed by atoms with van der Waals surface area (Å²) in [6, 6.07) is 0.475. The third-order valence-corrected chi connectivity index (χ3v) is 4.30. The Balaban J connectivity index is 1.70. The van der Waals surface area contributed by atoms with Crippen molar-refractivity contribution in [3.63, 3.8) is 0 Å². The molecule has 3 unspecified atom stereocenters. The van der Waals surface area contributed by atoms with Crippen LogP contribution < -0.4 is 5.73 Å². The van der Waals surface area contributed by atoms with Gasteiger partial charge >= 0.3 is 0 Å². The lowest BCUT2D eigenvalue weighted by atomic mass is 9.78. The molecule has 1 saturated heterocycles. The fourth-order valence-corrected chi connectivity index (χ4v) is 3.37. The molecule has 0 aromatic carbocycles. The Bertz CT molecular complexity index is 210. The van der Waals surface area contributed by atoms with E-state index in [9.17, 15) is 0 Å². The molecule has 2 N–H and O–H groups in total. The van der Waals surface area contributed by atoms with Crippen molar-refractivity contribution in [2.24, 2.45) is 17.6 Å². The molecule has 0 spiro atoms. The van der Waals surface area contributed by atoms with Crippen molar-refractivity contribution < 1.29 is 4.74 Å². The highest BCUT2D eigenvalue weighted by molar-refractivity contribution is 4.92. The quantitative estimate of drug-likeness (QED) is 0.722. The minimum Gasteiger partial charge on any atom is -0.385 e. The number of fused-ring (bicyclic) bond motifs is 1. The molecule has 1 heterocycles. The summed E-state index contributed by atoms with van der Waals surface area (Å²) in [7, 11) is 1.78. The van der Waals surface area contributed by atoms with Crippen LogP contribution in [0.4, 0.5) is 0 Å². The average Bonchev–Trinajstić information content (AvgIpc) is 2.69. The molecule has 0 radical (unpaired) electrons. The molecule has 2 rings (SSSR count). The number of hydrogen-bond acceptors (Lipinski definition) is 3. The van der Waals surface area contributed by atoms with Gasteiger partial charge in [-0.1, -0.05) is 6.42 Å². The smallest absolute Gasteiger partial charge is 0.0462 e. The van der Waals surface area contributed by atoms with Crippen LogP contribution in [0.3, 0.4) is 0 Å². The summed E-state index contributed by atoms with van der Waals surface area (Å²) in [5.41, 5.74) is 6.21. The Hall–Kier alpha value is -0.120. The molecule has 1 aliphatic heterocycles. The average molecular weight is 226 g/mol. The van der Waals surface area contributed by atoms with Gasteiger partial charge in [0.25, 0.3) is 0 Å². The lowest BCUT2D eigenvalue weighted by Gasteiger charge is -2.29. The van der Waals surface area contributed by atoms with Gasteiger partial charge in [0.2, 0.25) is 0 Å². The molecule has 16 heavy (non-hydrogen) atoms. The lowest BCUT2D eigenvalue weighted by molar-refractivity contribution is 0.186. The zero-order chi connectivity index (χ0) is 11.4. The maximum Gasteiger partial charge on any atom is 0.0462 e. The number of nitrogens with zero attached hydrogens (tertiary/aromatic N) is 1. The van der Waals surface area contributed by atoms with Crippen molar-refractivity contribution in [1.29, 1.82) is 0 Å². The molecular formula is C13H26N2O. The predicted molar refractivity (Wildman–Crippen MR) is 66.4 cm³/mol. The molecule has 1 aliphatic carbocycles. The highest BCUT2D eigenvalue weighted by atomic mass is 16.5. The number of ether oxygens (including phenoxy) is 1. The fraction of sp³-hybridized carbons (Fsp3) is 1.00. The van der Waals surface area contributed by atoms with E-state index in [1.807, 2.05) is 0 Å². The summed E-state index contributed by atoms with van der Waals surface area (Å²) in [6.45, 7) is 4.69. The van der Waals surface area contributed by atoms with Crippen LogP contribution in [0.1, 0.15) is 32.1 Å². The third-order valence-electron chi connectivity index (χ3n) is 4.30. The summed E-state index contributed by atoms with van der Waals surface area (Å²) in [5.74, 6) is 1.68. The van der Waals surface area contributed by atoms with Gasteiger partial charge in [-0.2, -0.15) is 0 Å². The maximum absolute atomic E-state index is 6.21. The summed E-state index contributed by atoms with van der Waals surface area (Å²) >= 11 is 0. The Kier molecular flexibility index (Phi) is 4.62. The van der Waals surface area contributed by atoms with Crippen molar-refractivity contribution in [2.45, 2.75) is 38.1 Å². The number of hydrogen-bond donors (Lipinski definition) is 1. The number of methoxy groups -OCH3 is 1. The number of unbranched alkanes of at least 4 members (excludes halogenated alkanes) is 1. The maximum atomic E-state index is 6.21. The molecule has 3 atom stereocenters. The molecule has 3 nitrogen and oxygen atoms in total. The molecule has 1 saturated carbocycles. The van der Waals surface area contributed by atoms with Crippen molar-refractivity contribution in [1.82, 2.24) is 4.90 Å². The van der Waals surface area contributed by atoms with Crippen molar-refractivity contribution in [2.75, 3.05) is 33.4 Å². The van der Waals surface area contributed by atoms with E-state index in [-0.39, 0.29) is 0 Å². The van der Waals surface area contributed by atoms with Gasteiger partial charge < -0.3 is 15.4 Å². The molecule has 2 fully saturated rings. The van der Waals surface area contributed by atoms with E-state index >= 15 is 0 Å². The van der Waals surface area contributed by atoms with Gasteiger partial charge in [-0.3, -0.25) is 0 Å². The normalized spacial score (nSPS) is 35.2. The van der Waals surface area contributed by atoms with Crippen molar-refractivity contribution in [3.05, 3.63) is 0 Å². The van der Waals surface area contributed by atoms with Crippen LogP contribution >= 0.6 is 0 Å². The van der Waals surface area contributed by atoms with Gasteiger partial charge in [0.05, 0.1) is 0 Å². The molecule has 0 bridgehead atoms. The van der Waals surface area contributed by atoms with Crippen LogP contribution in [-0.4, -0.2) is 44.3 Å². The first-order chi connectivity index (χ1) is 7.81. The SMILES string of the molecule is COCCCCN1CC2CCCC(N)C2C1. The Morgan fingerprint density at radius 2 is 2.12 bits per heavy atom. The first kappa shape index (κ1) is 12.3. The van der Waals surface area contributed by atoms with Crippen LogP contribution in [0.2, 0.25) is 0 Å². The highest BCUT2D eigenvalue weighted by Crippen LogP contribution is 2.35. The van der Waals surface area contributed by atoms with E-state index in [0.717, 1.165) is 18.4 Å². The van der Waals surface area contributed by atoms with E-state index < -0.39 is 0 Å². The molecule has 3 heteroatoms. The first-order valence-corrected chi connectivity index (χ1v) is 6.78. The number of rotatable bonds is 5. The van der Waals surface area contributed by atoms with Gasteiger partial charge in [-0.05, 0) is 44.1 Å². The van der Waals surface area contributed by atoms with E-state index in [1.165, 1.54) is 51.7 Å². The Morgan fingerprint density at radius 1 is 1.25 bits per heavy atom. The largest absolute Gasteiger partial charge is 0.385 e. The van der Waals surface area contributed by atoms with Crippen molar-refractivity contribution >= 4 is 0 Å². The second kappa shape index (κ2) is 5.99. The predicted octanol–water partition coefficient (Wildman–Crippen LogP) is 1.47. The third kappa shape index (κ3) is 2.96. The minimum absolute atomic E-state index is 0.475. The van der Waals surface area contributed by atoms with Crippen LogP contribution in [0.25, 0.3) is 0 Å². The van der Waals surface area contributed by atoms with E-state index in [4.69, 9.17) is 10.5 Å². The van der Waals surface area contributed by atoms with Gasteiger partial charge in [0.15, 0.2) is 0 Å². The second-order valence-corrected chi connectivity index (χ2v) is 5.48. The van der Waals surface area contributed by atoms with E-state index in [2.05, 4.69) is 4.90 Å². The summed E-state index contributed by atoms with van der Waals surface area (Å²) in [5, 5.41) is 0. The van der Waals surface area contributed by atoms with Gasteiger partial charge in [0.1, 0.15) is 0 Å². The van der Waals surface area contributed by atoms with E-state index in [0.29, 0.717) is 6.04 Å². The van der Waals surface area contributed by atoms with Gasteiger partial charge in [-0.25, -0.2) is 0 Å². The topological polar surface area (TPSA) is 38.5 Å². The van der Waals surface area contributed by atoms with Crippen molar-refractivity contribution in [3.8, 4) is 0 Å². The molecule has 2 aliphatic rings. The van der Waals surface area contributed by atoms with Gasteiger partial charge in [0, 0.05) is 32.8 Å².